The molecule has 0 aromatic rings. The van der Waals surface area contributed by atoms with Crippen LogP contribution in [0.3, 0.4) is 0 Å². The van der Waals surface area contributed by atoms with Crippen LogP contribution in [-0.2, 0) is 37.5 Å². The normalized spacial score (nSPS) is 20.0. The minimum Gasteiger partial charge on any atom is -0.462 e. The summed E-state index contributed by atoms with van der Waals surface area (Å²) in [5.41, 5.74) is 0. The zero-order valence-electron chi connectivity index (χ0n) is 37.0. The van der Waals surface area contributed by atoms with Crippen LogP contribution in [0, 0.1) is 11.8 Å². The van der Waals surface area contributed by atoms with Crippen LogP contribution in [0.2, 0.25) is 0 Å². The van der Waals surface area contributed by atoms with E-state index in [9.17, 15) is 39.2 Å². The van der Waals surface area contributed by atoms with E-state index in [1.807, 2.05) is 30.4 Å². The number of unbranched alkanes of at least 4 members (excludes halogenated alkanes) is 3. The lowest BCUT2D eigenvalue weighted by atomic mass is 9.90. The van der Waals surface area contributed by atoms with Crippen LogP contribution >= 0.6 is 7.82 Å². The van der Waals surface area contributed by atoms with Gasteiger partial charge in [-0.15, -0.1) is 0 Å². The van der Waals surface area contributed by atoms with E-state index in [-0.39, 0.29) is 31.0 Å². The first-order valence-electron chi connectivity index (χ1n) is 22.3. The molecule has 1 aliphatic carbocycles. The van der Waals surface area contributed by atoms with Gasteiger partial charge >= 0.3 is 19.8 Å². The Hall–Kier alpha value is -3.52. The first-order chi connectivity index (χ1) is 29.9. The molecular weight excluding hydrogens is 815 g/mol. The van der Waals surface area contributed by atoms with Crippen LogP contribution in [0.1, 0.15) is 123 Å². The number of hydrogen-bond donors (Lipinski definition) is 5. The molecule has 350 valence electrons. The van der Waals surface area contributed by atoms with Crippen LogP contribution in [0.15, 0.2) is 97.2 Å². The Balaban J connectivity index is 2.52. The number of Topliss-reactive ketones (excluding diaryl/α,β-unsaturated/α-hetero) is 1. The van der Waals surface area contributed by atoms with Crippen molar-refractivity contribution in [3.63, 3.8) is 0 Å². The smallest absolute Gasteiger partial charge is 0.462 e. The van der Waals surface area contributed by atoms with Gasteiger partial charge in [0, 0.05) is 31.1 Å². The van der Waals surface area contributed by atoms with Crippen LogP contribution in [-0.4, -0.2) is 93.9 Å². The average molecular weight is 891 g/mol. The van der Waals surface area contributed by atoms with Crippen LogP contribution in [0.5, 0.6) is 0 Å². The van der Waals surface area contributed by atoms with Crippen LogP contribution < -0.4 is 0 Å². The Morgan fingerprint density at radius 2 is 1.32 bits per heavy atom. The Morgan fingerprint density at radius 1 is 0.742 bits per heavy atom. The van der Waals surface area contributed by atoms with Crippen molar-refractivity contribution in [3.8, 4) is 0 Å². The van der Waals surface area contributed by atoms with Gasteiger partial charge in [-0.1, -0.05) is 130 Å². The van der Waals surface area contributed by atoms with Gasteiger partial charge in [0.25, 0.3) is 0 Å². The van der Waals surface area contributed by atoms with Gasteiger partial charge in [0.2, 0.25) is 0 Å². The number of aliphatic hydroxyl groups is 4. The number of ether oxygens (including phenoxy) is 2. The first-order valence-corrected chi connectivity index (χ1v) is 23.8. The monoisotopic (exact) mass is 890 g/mol. The second kappa shape index (κ2) is 36.9. The number of hydrogen-bond acceptors (Lipinski definition) is 12. The lowest BCUT2D eigenvalue weighted by molar-refractivity contribution is -0.161. The van der Waals surface area contributed by atoms with Gasteiger partial charge in [0.15, 0.2) is 6.10 Å². The van der Waals surface area contributed by atoms with Gasteiger partial charge in [-0.2, -0.15) is 0 Å². The van der Waals surface area contributed by atoms with Gasteiger partial charge in [0.05, 0.1) is 32.0 Å². The Kier molecular flexibility index (Phi) is 33.6. The molecule has 7 atom stereocenters. The summed E-state index contributed by atoms with van der Waals surface area (Å²) in [6, 6.07) is 0. The second-order valence-electron chi connectivity index (χ2n) is 15.1. The number of rotatable bonds is 36. The third-order valence-electron chi connectivity index (χ3n) is 9.61. The maximum Gasteiger partial charge on any atom is 0.472 e. The first kappa shape index (κ1) is 56.5. The average Bonchev–Trinajstić information content (AvgIpc) is 3.52. The van der Waals surface area contributed by atoms with Gasteiger partial charge in [-0.25, -0.2) is 4.57 Å². The third-order valence-corrected chi connectivity index (χ3v) is 10.6. The Bertz CT molecular complexity index is 1510. The largest absolute Gasteiger partial charge is 0.472 e. The number of phosphoric acid groups is 1. The predicted octanol–water partition coefficient (Wildman–Crippen LogP) is 8.59. The fourth-order valence-corrected chi connectivity index (χ4v) is 6.91. The van der Waals surface area contributed by atoms with Crippen molar-refractivity contribution < 1.29 is 62.8 Å². The predicted molar refractivity (Wildman–Crippen MR) is 243 cm³/mol. The maximum absolute atomic E-state index is 12.6. The van der Waals surface area contributed by atoms with Crippen molar-refractivity contribution >= 4 is 25.5 Å². The molecule has 13 nitrogen and oxygen atoms in total. The molecule has 0 aromatic heterocycles. The molecule has 0 radical (unpaired) electrons. The van der Waals surface area contributed by atoms with E-state index in [1.54, 1.807) is 12.2 Å². The summed E-state index contributed by atoms with van der Waals surface area (Å²) >= 11 is 0. The summed E-state index contributed by atoms with van der Waals surface area (Å²) in [6.07, 6.45) is 39.0. The van der Waals surface area contributed by atoms with Crippen molar-refractivity contribution in [1.82, 2.24) is 0 Å². The van der Waals surface area contributed by atoms with E-state index in [4.69, 9.17) is 19.1 Å². The van der Waals surface area contributed by atoms with Crippen molar-refractivity contribution in [2.75, 3.05) is 26.4 Å². The zero-order chi connectivity index (χ0) is 45.7. The molecule has 0 heterocycles. The van der Waals surface area contributed by atoms with Gasteiger partial charge < -0.3 is 34.8 Å². The van der Waals surface area contributed by atoms with E-state index in [1.165, 1.54) is 0 Å². The minimum atomic E-state index is -4.71. The quantitative estimate of drug-likeness (QED) is 0.0173. The molecule has 0 aromatic carbocycles. The van der Waals surface area contributed by atoms with Gasteiger partial charge in [-0.3, -0.25) is 23.4 Å². The van der Waals surface area contributed by atoms with Crippen molar-refractivity contribution in [1.29, 1.82) is 0 Å². The third kappa shape index (κ3) is 30.5. The molecule has 1 rings (SSSR count). The number of allylic oxidation sites excluding steroid dienone is 15. The fraction of sp³-hybridized carbons (Fsp3) is 0.604. The lowest BCUT2D eigenvalue weighted by Crippen LogP contribution is -2.29. The highest BCUT2D eigenvalue weighted by atomic mass is 31.2. The molecule has 1 fully saturated rings. The van der Waals surface area contributed by atoms with Crippen LogP contribution in [0.25, 0.3) is 0 Å². The molecule has 0 bridgehead atoms. The summed E-state index contributed by atoms with van der Waals surface area (Å²) in [6.45, 7) is 1.74. The number of carbonyl (C=O) groups excluding carboxylic acids is 3. The molecule has 5 N–H and O–H groups in total. The summed E-state index contributed by atoms with van der Waals surface area (Å²) < 4.78 is 32.6. The number of aliphatic hydroxyl groups excluding tert-OH is 4. The highest BCUT2D eigenvalue weighted by Crippen LogP contribution is 2.43. The summed E-state index contributed by atoms with van der Waals surface area (Å²) in [4.78, 5) is 47.7. The number of esters is 2. The van der Waals surface area contributed by atoms with E-state index < -0.39 is 76.5 Å². The molecule has 0 amide bonds. The van der Waals surface area contributed by atoms with Crippen molar-refractivity contribution in [3.05, 3.63) is 97.2 Å². The summed E-state index contributed by atoms with van der Waals surface area (Å²) in [5, 5.41) is 39.1. The molecule has 1 unspecified atom stereocenters. The standard InChI is InChI=1S/C48H75O13P/c1-3-5-7-8-9-10-11-12-13-14-15-16-17-18-19-20-21-22-28-32-48(55)61-42(39-60-62(56,57)59-37-41(51)36-49)38-58-47(54)31-27-24-23-26-30-43-44(46(53)35-45(43)52)34-33-40(50)29-25-6-4-2/h5,7,9-10,12-13,15-16,18-19,21-23,26,33-34,40-45,49-52H,3-4,6,8,11,14,17,20,24-25,27-32,35-39H2,1-2H3,(H,56,57)/b7-5-,10-9-,13-12-,16-15-,19-18-,22-21-,26-23-,34-33+/t40-,41-,42+,43+,44+,45-/m0/s1. The fourth-order valence-electron chi connectivity index (χ4n) is 6.12. The highest BCUT2D eigenvalue weighted by Gasteiger charge is 2.39. The molecule has 0 spiro atoms. The topological polar surface area (TPSA) is 206 Å². The molecule has 14 heteroatoms. The Labute approximate surface area is 370 Å². The van der Waals surface area contributed by atoms with Crippen LogP contribution in [0.4, 0.5) is 0 Å². The van der Waals surface area contributed by atoms with Gasteiger partial charge in [0.1, 0.15) is 18.5 Å². The molecule has 0 aliphatic heterocycles. The number of carbonyl (C=O) groups is 3. The molecule has 1 aliphatic rings. The molecule has 62 heavy (non-hydrogen) atoms. The SMILES string of the molecule is CC/C=C\C/C=C\C/C=C\C/C=C\C/C=C\C/C=C\CCC(=O)O[C@H](COC(=O)CCC/C=C\C[C@H]1[C@@H](O)CC(=O)[C@@H]1/C=C/[C@@H](O)CCCCC)COP(=O)(O)OC[C@@H](O)CO. The number of ketones is 1. The molecule has 1 saturated carbocycles. The second-order valence-corrected chi connectivity index (χ2v) is 16.6. The van der Waals surface area contributed by atoms with Crippen molar-refractivity contribution in [2.24, 2.45) is 11.8 Å². The van der Waals surface area contributed by atoms with E-state index in [0.29, 0.717) is 38.5 Å². The van der Waals surface area contributed by atoms with Crippen molar-refractivity contribution in [2.45, 2.75) is 147 Å². The van der Waals surface area contributed by atoms with E-state index in [0.717, 1.165) is 51.4 Å². The highest BCUT2D eigenvalue weighted by molar-refractivity contribution is 7.47. The van der Waals surface area contributed by atoms with Gasteiger partial charge in [-0.05, 0) is 70.6 Å². The zero-order valence-corrected chi connectivity index (χ0v) is 37.9. The molecule has 0 saturated heterocycles. The number of phosphoric ester groups is 1. The minimum absolute atomic E-state index is 0.000986. The van der Waals surface area contributed by atoms with E-state index in [2.05, 4.69) is 73.1 Å². The Morgan fingerprint density at radius 3 is 1.92 bits per heavy atom. The maximum atomic E-state index is 12.6. The van der Waals surface area contributed by atoms with E-state index >= 15 is 0 Å². The summed E-state index contributed by atoms with van der Waals surface area (Å²) in [5.74, 6) is -2.05. The molecular formula is C48H75O13P. The summed E-state index contributed by atoms with van der Waals surface area (Å²) in [7, 11) is -4.71. The lowest BCUT2D eigenvalue weighted by Gasteiger charge is -2.20.